The molecule has 0 aliphatic rings. The SMILES string of the molecule is CCOc1ccc(N(CC(=O)N/N=C/c2ccccc2Cl)S(=O)(=O)c2ccc(C)cc2)cc1. The van der Waals surface area contributed by atoms with Crippen molar-refractivity contribution in [2.45, 2.75) is 18.7 Å². The van der Waals surface area contributed by atoms with Gasteiger partial charge < -0.3 is 4.74 Å². The van der Waals surface area contributed by atoms with E-state index in [4.69, 9.17) is 16.3 Å². The zero-order valence-electron chi connectivity index (χ0n) is 18.2. The van der Waals surface area contributed by atoms with Gasteiger partial charge in [-0.3, -0.25) is 9.10 Å². The van der Waals surface area contributed by atoms with Crippen molar-refractivity contribution >= 4 is 39.4 Å². The molecular formula is C24H24ClN3O4S. The van der Waals surface area contributed by atoms with Crippen LogP contribution in [0.5, 0.6) is 5.75 Å². The van der Waals surface area contributed by atoms with Gasteiger partial charge in [-0.1, -0.05) is 47.5 Å². The molecule has 172 valence electrons. The van der Waals surface area contributed by atoms with Gasteiger partial charge in [-0.25, -0.2) is 13.8 Å². The van der Waals surface area contributed by atoms with Crippen LogP contribution in [0.15, 0.2) is 82.8 Å². The van der Waals surface area contributed by atoms with Crippen molar-refractivity contribution in [2.75, 3.05) is 17.5 Å². The number of aryl methyl sites for hydroxylation is 1. The summed E-state index contributed by atoms with van der Waals surface area (Å²) in [6, 6.07) is 20.0. The first-order valence-electron chi connectivity index (χ1n) is 10.2. The molecule has 0 unspecified atom stereocenters. The number of hydrazone groups is 1. The van der Waals surface area contributed by atoms with Crippen LogP contribution in [0.3, 0.4) is 0 Å². The highest BCUT2D eigenvalue weighted by molar-refractivity contribution is 7.92. The van der Waals surface area contributed by atoms with Gasteiger partial charge in [0.25, 0.3) is 15.9 Å². The molecule has 3 aromatic rings. The van der Waals surface area contributed by atoms with Gasteiger partial charge in [0.2, 0.25) is 0 Å². The average Bonchev–Trinajstić information content (AvgIpc) is 2.80. The molecule has 3 aromatic carbocycles. The third-order valence-electron chi connectivity index (χ3n) is 4.63. The van der Waals surface area contributed by atoms with E-state index in [1.54, 1.807) is 60.7 Å². The lowest BCUT2D eigenvalue weighted by Crippen LogP contribution is -2.39. The number of nitrogens with one attached hydrogen (secondary N) is 1. The molecular weight excluding hydrogens is 462 g/mol. The molecule has 0 saturated carbocycles. The summed E-state index contributed by atoms with van der Waals surface area (Å²) in [7, 11) is -4.02. The van der Waals surface area contributed by atoms with Crippen LogP contribution in [0.1, 0.15) is 18.1 Å². The molecule has 0 atom stereocenters. The second-order valence-electron chi connectivity index (χ2n) is 7.07. The van der Waals surface area contributed by atoms with E-state index < -0.39 is 22.5 Å². The number of carbonyl (C=O) groups is 1. The van der Waals surface area contributed by atoms with E-state index >= 15 is 0 Å². The zero-order chi connectivity index (χ0) is 23.8. The van der Waals surface area contributed by atoms with E-state index in [0.29, 0.717) is 28.6 Å². The van der Waals surface area contributed by atoms with Gasteiger partial charge in [0.1, 0.15) is 12.3 Å². The fourth-order valence-corrected chi connectivity index (χ4v) is 4.55. The Morgan fingerprint density at radius 2 is 1.73 bits per heavy atom. The van der Waals surface area contributed by atoms with Gasteiger partial charge in [0.05, 0.1) is 23.4 Å². The monoisotopic (exact) mass is 485 g/mol. The Morgan fingerprint density at radius 3 is 2.36 bits per heavy atom. The van der Waals surface area contributed by atoms with Crippen molar-refractivity contribution in [1.82, 2.24) is 5.43 Å². The minimum Gasteiger partial charge on any atom is -0.494 e. The van der Waals surface area contributed by atoms with Crippen molar-refractivity contribution in [2.24, 2.45) is 5.10 Å². The summed E-state index contributed by atoms with van der Waals surface area (Å²) in [4.78, 5) is 12.7. The lowest BCUT2D eigenvalue weighted by molar-refractivity contribution is -0.119. The molecule has 0 radical (unpaired) electrons. The van der Waals surface area contributed by atoms with Crippen LogP contribution in [0.4, 0.5) is 5.69 Å². The normalized spacial score (nSPS) is 11.4. The van der Waals surface area contributed by atoms with Crippen LogP contribution in [-0.4, -0.2) is 33.7 Å². The maximum absolute atomic E-state index is 13.4. The van der Waals surface area contributed by atoms with Crippen LogP contribution >= 0.6 is 11.6 Å². The molecule has 0 saturated heterocycles. The third kappa shape index (κ3) is 6.34. The number of amides is 1. The lowest BCUT2D eigenvalue weighted by atomic mass is 10.2. The van der Waals surface area contributed by atoms with Crippen LogP contribution in [0.25, 0.3) is 0 Å². The molecule has 0 aromatic heterocycles. The van der Waals surface area contributed by atoms with Crippen molar-refractivity contribution in [3.63, 3.8) is 0 Å². The third-order valence-corrected chi connectivity index (χ3v) is 6.76. The second-order valence-corrected chi connectivity index (χ2v) is 9.34. The number of benzene rings is 3. The van der Waals surface area contributed by atoms with Crippen LogP contribution in [0.2, 0.25) is 5.02 Å². The number of ether oxygens (including phenoxy) is 1. The molecule has 7 nitrogen and oxygen atoms in total. The Labute approximate surface area is 198 Å². The van der Waals surface area contributed by atoms with E-state index in [1.165, 1.54) is 18.3 Å². The first kappa shape index (κ1) is 24.3. The number of hydrogen-bond donors (Lipinski definition) is 1. The Kier molecular flexibility index (Phi) is 8.08. The van der Waals surface area contributed by atoms with Gasteiger partial charge in [0, 0.05) is 10.6 Å². The Morgan fingerprint density at radius 1 is 1.06 bits per heavy atom. The highest BCUT2D eigenvalue weighted by Crippen LogP contribution is 2.26. The van der Waals surface area contributed by atoms with Gasteiger partial charge >= 0.3 is 0 Å². The zero-order valence-corrected chi connectivity index (χ0v) is 19.8. The maximum Gasteiger partial charge on any atom is 0.264 e. The van der Waals surface area contributed by atoms with Crippen LogP contribution in [0, 0.1) is 6.92 Å². The highest BCUT2D eigenvalue weighted by Gasteiger charge is 2.27. The molecule has 1 N–H and O–H groups in total. The summed E-state index contributed by atoms with van der Waals surface area (Å²) in [5.74, 6) is -0.00870. The number of anilines is 1. The highest BCUT2D eigenvalue weighted by atomic mass is 35.5. The number of carbonyl (C=O) groups excluding carboxylic acids is 1. The molecule has 0 bridgehead atoms. The summed E-state index contributed by atoms with van der Waals surface area (Å²) < 4.78 is 33.2. The standard InChI is InChI=1S/C24H24ClN3O4S/c1-3-32-21-12-10-20(11-13-21)28(33(30,31)22-14-8-18(2)9-15-22)17-24(29)27-26-16-19-6-4-5-7-23(19)25/h4-16H,3,17H2,1-2H3,(H,27,29)/b26-16+. The van der Waals surface area contributed by atoms with E-state index in [-0.39, 0.29) is 4.90 Å². The molecule has 33 heavy (non-hydrogen) atoms. The Balaban J connectivity index is 1.85. The molecule has 0 spiro atoms. The van der Waals surface area contributed by atoms with Crippen molar-refractivity contribution in [3.05, 3.63) is 88.9 Å². The average molecular weight is 486 g/mol. The van der Waals surface area contributed by atoms with E-state index in [1.807, 2.05) is 13.8 Å². The van der Waals surface area contributed by atoms with Crippen LogP contribution < -0.4 is 14.5 Å². The number of hydrogen-bond acceptors (Lipinski definition) is 5. The maximum atomic E-state index is 13.4. The first-order valence-corrected chi connectivity index (χ1v) is 12.0. The molecule has 9 heteroatoms. The summed E-state index contributed by atoms with van der Waals surface area (Å²) in [5.41, 5.74) is 4.23. The fraction of sp³-hybridized carbons (Fsp3) is 0.167. The topological polar surface area (TPSA) is 88.1 Å². The number of halogens is 1. The fourth-order valence-electron chi connectivity index (χ4n) is 2.95. The predicted octanol–water partition coefficient (Wildman–Crippen LogP) is 4.39. The van der Waals surface area contributed by atoms with E-state index in [0.717, 1.165) is 9.87 Å². The van der Waals surface area contributed by atoms with Crippen molar-refractivity contribution in [3.8, 4) is 5.75 Å². The summed E-state index contributed by atoms with van der Waals surface area (Å²) in [6.07, 6.45) is 1.40. The van der Waals surface area contributed by atoms with Gasteiger partial charge in [-0.15, -0.1) is 0 Å². The van der Waals surface area contributed by atoms with Gasteiger partial charge in [-0.2, -0.15) is 5.10 Å². The minimum atomic E-state index is -4.02. The van der Waals surface area contributed by atoms with Crippen molar-refractivity contribution < 1.29 is 17.9 Å². The number of sulfonamides is 1. The molecule has 3 rings (SSSR count). The molecule has 0 heterocycles. The minimum absolute atomic E-state index is 0.0781. The first-order chi connectivity index (χ1) is 15.8. The predicted molar refractivity (Wildman–Crippen MR) is 131 cm³/mol. The summed E-state index contributed by atoms with van der Waals surface area (Å²) in [5, 5.41) is 4.38. The van der Waals surface area contributed by atoms with Crippen LogP contribution in [-0.2, 0) is 14.8 Å². The largest absolute Gasteiger partial charge is 0.494 e. The van der Waals surface area contributed by atoms with E-state index in [9.17, 15) is 13.2 Å². The molecule has 0 fully saturated rings. The van der Waals surface area contributed by atoms with E-state index in [2.05, 4.69) is 10.5 Å². The molecule has 0 aliphatic heterocycles. The van der Waals surface area contributed by atoms with Gasteiger partial charge in [0.15, 0.2) is 0 Å². The second kappa shape index (κ2) is 11.0. The smallest absolute Gasteiger partial charge is 0.264 e. The lowest BCUT2D eigenvalue weighted by Gasteiger charge is -2.24. The molecule has 1 amide bonds. The van der Waals surface area contributed by atoms with Gasteiger partial charge in [-0.05, 0) is 56.3 Å². The Hall–Kier alpha value is -3.36. The van der Waals surface area contributed by atoms with Crippen molar-refractivity contribution in [1.29, 1.82) is 0 Å². The quantitative estimate of drug-likeness (QED) is 0.359. The summed E-state index contributed by atoms with van der Waals surface area (Å²) in [6.45, 7) is 3.74. The number of rotatable bonds is 9. The summed E-state index contributed by atoms with van der Waals surface area (Å²) >= 11 is 6.08. The Bertz CT molecular complexity index is 1230. The molecule has 0 aliphatic carbocycles. The number of nitrogens with zero attached hydrogens (tertiary/aromatic N) is 2.